The van der Waals surface area contributed by atoms with Gasteiger partial charge in [-0.15, -0.1) is 0 Å². The van der Waals surface area contributed by atoms with E-state index in [0.717, 1.165) is 0 Å². The van der Waals surface area contributed by atoms with Crippen LogP contribution in [0, 0.1) is 104 Å². The maximum atomic E-state index is 16.8. The van der Waals surface area contributed by atoms with E-state index in [1.807, 2.05) is 0 Å². The second kappa shape index (κ2) is 10.3. The van der Waals surface area contributed by atoms with Crippen LogP contribution in [-0.4, -0.2) is 29.9 Å². The van der Waals surface area contributed by atoms with Crippen molar-refractivity contribution in [2.24, 2.45) is 0 Å². The van der Waals surface area contributed by atoms with Crippen molar-refractivity contribution in [3.8, 4) is 36.4 Å². The number of benzene rings is 1. The second-order valence-electron chi connectivity index (χ2n) is 8.19. The summed E-state index contributed by atoms with van der Waals surface area (Å²) >= 11 is 0. The van der Waals surface area contributed by atoms with E-state index < -0.39 is 114 Å². The lowest BCUT2D eigenvalue weighted by Gasteiger charge is -2.14. The standard InChI is InChI=1S/C26F6N12/c27-19-13-9(5-37)15(21-39-23(29)43-24(30)40-21)11(7(1-33)2-34)17(13)20(28)18-12(8(3-35)4-36)16(10(6-38)14(18)19)22-41-25(31)44-26(32)42-22. The fourth-order valence-electron chi connectivity index (χ4n) is 4.70. The average Bonchev–Trinajstić information content (AvgIpc) is 3.51. The van der Waals surface area contributed by atoms with Crippen molar-refractivity contribution in [1.29, 1.82) is 31.6 Å². The molecule has 0 unspecified atom stereocenters. The molecule has 18 heteroatoms. The SMILES string of the molecule is N#CC(C#N)=C1C(c2nc(F)nc(F)n2)=C(C#N)c2c(F)c3c(c(F)c21)C(=C(C#N)C#N)C(c1nc(F)nc(F)n1)=C3C#N. The summed E-state index contributed by atoms with van der Waals surface area (Å²) in [5, 5.41) is 58.6. The van der Waals surface area contributed by atoms with Crippen LogP contribution >= 0.6 is 0 Å². The molecule has 0 spiro atoms. The van der Waals surface area contributed by atoms with E-state index >= 15 is 8.78 Å². The first-order chi connectivity index (χ1) is 21.1. The molecular weight excluding hydrogens is 594 g/mol. The molecule has 0 fully saturated rings. The highest BCUT2D eigenvalue weighted by Gasteiger charge is 2.45. The molecule has 206 valence electrons. The molecule has 0 aliphatic heterocycles. The maximum Gasteiger partial charge on any atom is 0.314 e. The van der Waals surface area contributed by atoms with E-state index in [-0.39, 0.29) is 0 Å². The van der Waals surface area contributed by atoms with Crippen LogP contribution in [0.3, 0.4) is 0 Å². The molecule has 0 bridgehead atoms. The predicted octanol–water partition coefficient (Wildman–Crippen LogP) is 3.39. The third-order valence-electron chi connectivity index (χ3n) is 6.16. The number of hydrogen-bond acceptors (Lipinski definition) is 12. The van der Waals surface area contributed by atoms with Gasteiger partial charge in [0.1, 0.15) is 59.2 Å². The molecule has 0 N–H and O–H groups in total. The molecule has 0 radical (unpaired) electrons. The smallest absolute Gasteiger partial charge is 0.206 e. The Morgan fingerprint density at radius 2 is 0.727 bits per heavy atom. The minimum Gasteiger partial charge on any atom is -0.206 e. The van der Waals surface area contributed by atoms with Crippen LogP contribution in [0.1, 0.15) is 33.9 Å². The Balaban J connectivity index is 2.06. The van der Waals surface area contributed by atoms with Gasteiger partial charge in [0.15, 0.2) is 11.6 Å². The molecule has 2 aliphatic rings. The van der Waals surface area contributed by atoms with Crippen LogP contribution in [0.15, 0.2) is 11.1 Å². The number of nitrogens with zero attached hydrogens (tertiary/aromatic N) is 12. The van der Waals surface area contributed by atoms with E-state index in [0.29, 0.717) is 0 Å². The summed E-state index contributed by atoms with van der Waals surface area (Å²) in [5.41, 5.74) is -11.8. The molecule has 1 aromatic carbocycles. The van der Waals surface area contributed by atoms with Crippen LogP contribution in [0.5, 0.6) is 0 Å². The zero-order valence-electron chi connectivity index (χ0n) is 20.6. The lowest BCUT2D eigenvalue weighted by molar-refractivity contribution is 0.451. The molecule has 2 aromatic heterocycles. The Morgan fingerprint density at radius 3 is 1.00 bits per heavy atom. The summed E-state index contributed by atoms with van der Waals surface area (Å²) in [6.07, 6.45) is -7.00. The van der Waals surface area contributed by atoms with Crippen molar-refractivity contribution in [3.05, 3.63) is 81.0 Å². The van der Waals surface area contributed by atoms with Crippen molar-refractivity contribution in [2.75, 3.05) is 0 Å². The number of halogens is 6. The molecule has 2 aliphatic carbocycles. The van der Waals surface area contributed by atoms with Gasteiger partial charge in [-0.2, -0.15) is 79.0 Å². The summed E-state index contributed by atoms with van der Waals surface area (Å²) in [4.78, 5) is 18.2. The summed E-state index contributed by atoms with van der Waals surface area (Å²) < 4.78 is 89.3. The minimum atomic E-state index is -1.75. The van der Waals surface area contributed by atoms with Crippen molar-refractivity contribution >= 4 is 33.4 Å². The third-order valence-corrected chi connectivity index (χ3v) is 6.16. The summed E-state index contributed by atoms with van der Waals surface area (Å²) in [6.45, 7) is 0. The summed E-state index contributed by atoms with van der Waals surface area (Å²) in [5.74, 6) is -5.45. The Labute approximate surface area is 239 Å². The van der Waals surface area contributed by atoms with Crippen LogP contribution in [0.4, 0.5) is 26.3 Å². The van der Waals surface area contributed by atoms with Gasteiger partial charge in [-0.25, -0.2) is 8.78 Å². The topological polar surface area (TPSA) is 220 Å². The number of rotatable bonds is 2. The average molecular weight is 594 g/mol. The largest absolute Gasteiger partial charge is 0.314 e. The van der Waals surface area contributed by atoms with E-state index in [1.54, 1.807) is 0 Å². The number of nitriles is 6. The molecule has 12 nitrogen and oxygen atoms in total. The Kier molecular flexibility index (Phi) is 6.60. The van der Waals surface area contributed by atoms with Crippen molar-refractivity contribution in [1.82, 2.24) is 29.9 Å². The molecule has 0 amide bonds. The normalized spacial score (nSPS) is 12.8. The van der Waals surface area contributed by atoms with Gasteiger partial charge in [0.05, 0.1) is 11.1 Å². The monoisotopic (exact) mass is 594 g/mol. The van der Waals surface area contributed by atoms with Gasteiger partial charge < -0.3 is 0 Å². The van der Waals surface area contributed by atoms with E-state index in [1.165, 1.54) is 36.4 Å². The lowest BCUT2D eigenvalue weighted by atomic mass is 9.89. The summed E-state index contributed by atoms with van der Waals surface area (Å²) in [6, 6.07) is 8.48. The maximum absolute atomic E-state index is 16.8. The van der Waals surface area contributed by atoms with Gasteiger partial charge in [0.25, 0.3) is 0 Å². The quantitative estimate of drug-likeness (QED) is 0.308. The van der Waals surface area contributed by atoms with Gasteiger partial charge in [0, 0.05) is 44.5 Å². The molecule has 5 rings (SSSR count). The minimum absolute atomic E-state index is 0.877. The third kappa shape index (κ3) is 3.89. The second-order valence-corrected chi connectivity index (χ2v) is 8.19. The van der Waals surface area contributed by atoms with Crippen LogP contribution in [0.2, 0.25) is 0 Å². The number of fused-ring (bicyclic) bond motifs is 2. The summed E-state index contributed by atoms with van der Waals surface area (Å²) in [7, 11) is 0. The first-order valence-electron chi connectivity index (χ1n) is 11.2. The highest BCUT2D eigenvalue weighted by Crippen LogP contribution is 2.56. The van der Waals surface area contributed by atoms with Crippen LogP contribution < -0.4 is 0 Å². The molecule has 0 saturated heterocycles. The van der Waals surface area contributed by atoms with Gasteiger partial charge in [-0.05, 0) is 0 Å². The number of allylic oxidation sites excluding steroid dienone is 8. The zero-order valence-corrected chi connectivity index (χ0v) is 20.6. The Bertz CT molecular complexity index is 2080. The zero-order chi connectivity index (χ0) is 32.0. The molecule has 0 saturated carbocycles. The molecular formula is C26F6N12. The fourth-order valence-corrected chi connectivity index (χ4v) is 4.70. The Hall–Kier alpha value is -7.28. The van der Waals surface area contributed by atoms with E-state index in [9.17, 15) is 49.1 Å². The number of hydrogen-bond donors (Lipinski definition) is 0. The van der Waals surface area contributed by atoms with Crippen LogP contribution in [0.25, 0.3) is 33.4 Å². The Morgan fingerprint density at radius 1 is 0.432 bits per heavy atom. The highest BCUT2D eigenvalue weighted by molar-refractivity contribution is 6.29. The van der Waals surface area contributed by atoms with Gasteiger partial charge in [-0.1, -0.05) is 0 Å². The molecule has 2 heterocycles. The van der Waals surface area contributed by atoms with E-state index in [4.69, 9.17) is 0 Å². The first kappa shape index (κ1) is 28.3. The van der Waals surface area contributed by atoms with E-state index in [2.05, 4.69) is 29.9 Å². The van der Waals surface area contributed by atoms with Crippen LogP contribution in [-0.2, 0) is 0 Å². The van der Waals surface area contributed by atoms with Crippen molar-refractivity contribution in [2.45, 2.75) is 0 Å². The van der Waals surface area contributed by atoms with Gasteiger partial charge in [-0.3, -0.25) is 0 Å². The lowest BCUT2D eigenvalue weighted by Crippen LogP contribution is -2.07. The first-order valence-corrected chi connectivity index (χ1v) is 11.2. The van der Waals surface area contributed by atoms with Gasteiger partial charge >= 0.3 is 24.3 Å². The van der Waals surface area contributed by atoms with Crippen molar-refractivity contribution in [3.63, 3.8) is 0 Å². The molecule has 3 aromatic rings. The highest BCUT2D eigenvalue weighted by atomic mass is 19.2. The van der Waals surface area contributed by atoms with Gasteiger partial charge in [0.2, 0.25) is 0 Å². The molecule has 44 heavy (non-hydrogen) atoms. The fraction of sp³-hybridized carbons (Fsp3) is 0. The predicted molar refractivity (Wildman–Crippen MR) is 127 cm³/mol. The molecule has 0 atom stereocenters. The van der Waals surface area contributed by atoms with Crippen molar-refractivity contribution < 1.29 is 26.3 Å². The number of aromatic nitrogens is 6.